The third kappa shape index (κ3) is 2.72. The van der Waals surface area contributed by atoms with Gasteiger partial charge in [-0.2, -0.15) is 0 Å². The lowest BCUT2D eigenvalue weighted by Gasteiger charge is -2.10. The van der Waals surface area contributed by atoms with Gasteiger partial charge in [0.15, 0.2) is 0 Å². The van der Waals surface area contributed by atoms with Crippen molar-refractivity contribution in [3.05, 3.63) is 0 Å². The number of hydrogen-bond donors (Lipinski definition) is 2. The van der Waals surface area contributed by atoms with Crippen molar-refractivity contribution < 1.29 is 14.7 Å². The first kappa shape index (κ1) is 10.0. The summed E-state index contributed by atoms with van der Waals surface area (Å²) in [5.74, 6) is -0.994. The van der Waals surface area contributed by atoms with Crippen LogP contribution in [0.15, 0.2) is 0 Å². The van der Waals surface area contributed by atoms with Gasteiger partial charge in [0.1, 0.15) is 0 Å². The van der Waals surface area contributed by atoms with Gasteiger partial charge in [0.2, 0.25) is 5.91 Å². The second-order valence-corrected chi connectivity index (χ2v) is 3.47. The molecule has 0 unspecified atom stereocenters. The first-order valence-electron chi connectivity index (χ1n) is 4.65. The number of rotatable bonds is 3. The smallest absolute Gasteiger partial charge is 0.306 e. The van der Waals surface area contributed by atoms with Gasteiger partial charge in [0.25, 0.3) is 0 Å². The van der Waals surface area contributed by atoms with Crippen molar-refractivity contribution in [1.29, 1.82) is 0 Å². The Labute approximate surface area is 77.3 Å². The van der Waals surface area contributed by atoms with Crippen LogP contribution in [0.3, 0.4) is 0 Å². The van der Waals surface area contributed by atoms with Crippen LogP contribution in [0.5, 0.6) is 0 Å². The van der Waals surface area contributed by atoms with Crippen molar-refractivity contribution in [3.8, 4) is 0 Å². The van der Waals surface area contributed by atoms with Crippen LogP contribution in [0.25, 0.3) is 0 Å². The summed E-state index contributed by atoms with van der Waals surface area (Å²) in [6.45, 7) is 1.79. The number of amides is 1. The molecule has 1 rings (SSSR count). The number of carbonyl (C=O) groups is 2. The number of carboxylic acids is 1. The highest BCUT2D eigenvalue weighted by Gasteiger charge is 2.29. The molecule has 1 fully saturated rings. The summed E-state index contributed by atoms with van der Waals surface area (Å²) in [5.41, 5.74) is 0. The zero-order valence-electron chi connectivity index (χ0n) is 7.75. The van der Waals surface area contributed by atoms with Gasteiger partial charge in [-0.1, -0.05) is 6.92 Å². The molecule has 1 aliphatic rings. The summed E-state index contributed by atoms with van der Waals surface area (Å²) in [5, 5.41) is 11.5. The summed E-state index contributed by atoms with van der Waals surface area (Å²) < 4.78 is 0. The molecule has 2 N–H and O–H groups in total. The van der Waals surface area contributed by atoms with Crippen LogP contribution in [0.4, 0.5) is 0 Å². The molecule has 0 saturated heterocycles. The molecule has 0 radical (unpaired) electrons. The van der Waals surface area contributed by atoms with Gasteiger partial charge in [0, 0.05) is 12.5 Å². The van der Waals surface area contributed by atoms with Crippen LogP contribution in [0, 0.1) is 5.92 Å². The van der Waals surface area contributed by atoms with Gasteiger partial charge in [0.05, 0.1) is 5.92 Å². The molecule has 74 valence electrons. The van der Waals surface area contributed by atoms with E-state index in [4.69, 9.17) is 5.11 Å². The third-order valence-electron chi connectivity index (χ3n) is 2.47. The van der Waals surface area contributed by atoms with E-state index in [1.165, 1.54) is 0 Å². The Hall–Kier alpha value is -1.06. The Morgan fingerprint density at radius 3 is 2.62 bits per heavy atom. The van der Waals surface area contributed by atoms with Crippen LogP contribution in [-0.4, -0.2) is 23.0 Å². The fraction of sp³-hybridized carbons (Fsp3) is 0.778. The Bertz CT molecular complexity index is 215. The van der Waals surface area contributed by atoms with Gasteiger partial charge in [-0.25, -0.2) is 0 Å². The van der Waals surface area contributed by atoms with Crippen LogP contribution in [-0.2, 0) is 9.59 Å². The first-order valence-corrected chi connectivity index (χ1v) is 4.65. The van der Waals surface area contributed by atoms with Gasteiger partial charge in [-0.3, -0.25) is 9.59 Å². The molecule has 0 heterocycles. The first-order chi connectivity index (χ1) is 6.13. The fourth-order valence-electron chi connectivity index (χ4n) is 1.67. The van der Waals surface area contributed by atoms with Gasteiger partial charge in [-0.15, -0.1) is 0 Å². The van der Waals surface area contributed by atoms with E-state index in [0.29, 0.717) is 19.3 Å². The minimum Gasteiger partial charge on any atom is -0.481 e. The normalized spacial score (nSPS) is 27.2. The van der Waals surface area contributed by atoms with Crippen LogP contribution in [0.2, 0.25) is 0 Å². The zero-order chi connectivity index (χ0) is 9.84. The Morgan fingerprint density at radius 1 is 1.46 bits per heavy atom. The van der Waals surface area contributed by atoms with E-state index in [2.05, 4.69) is 5.32 Å². The van der Waals surface area contributed by atoms with E-state index < -0.39 is 5.97 Å². The fourth-order valence-corrected chi connectivity index (χ4v) is 1.67. The largest absolute Gasteiger partial charge is 0.481 e. The lowest BCUT2D eigenvalue weighted by molar-refractivity contribution is -0.141. The highest BCUT2D eigenvalue weighted by Crippen LogP contribution is 2.25. The van der Waals surface area contributed by atoms with E-state index in [9.17, 15) is 9.59 Å². The predicted octanol–water partition coefficient (Wildman–Crippen LogP) is 0.766. The van der Waals surface area contributed by atoms with Crippen molar-refractivity contribution in [3.63, 3.8) is 0 Å². The maximum absolute atomic E-state index is 11.0. The predicted molar refractivity (Wildman–Crippen MR) is 47.2 cm³/mol. The second-order valence-electron chi connectivity index (χ2n) is 3.47. The average molecular weight is 185 g/mol. The molecule has 0 aromatic rings. The molecule has 1 amide bonds. The molecular weight excluding hydrogens is 170 g/mol. The number of aliphatic carboxylic acids is 1. The van der Waals surface area contributed by atoms with Gasteiger partial charge >= 0.3 is 5.97 Å². The number of carbonyl (C=O) groups excluding carboxylic acids is 1. The molecule has 13 heavy (non-hydrogen) atoms. The Balaban J connectivity index is 2.33. The van der Waals surface area contributed by atoms with E-state index in [0.717, 1.165) is 6.42 Å². The molecule has 2 atom stereocenters. The highest BCUT2D eigenvalue weighted by molar-refractivity contribution is 5.76. The third-order valence-corrected chi connectivity index (χ3v) is 2.47. The van der Waals surface area contributed by atoms with E-state index in [-0.39, 0.29) is 17.9 Å². The van der Waals surface area contributed by atoms with Crippen LogP contribution >= 0.6 is 0 Å². The van der Waals surface area contributed by atoms with Crippen molar-refractivity contribution in [1.82, 2.24) is 5.32 Å². The van der Waals surface area contributed by atoms with Crippen molar-refractivity contribution >= 4 is 11.9 Å². The summed E-state index contributed by atoms with van der Waals surface area (Å²) in [6.07, 6.45) is 2.53. The molecule has 1 saturated carbocycles. The maximum atomic E-state index is 11.0. The molecular formula is C9H15NO3. The summed E-state index contributed by atoms with van der Waals surface area (Å²) >= 11 is 0. The molecule has 0 bridgehead atoms. The molecule has 4 nitrogen and oxygen atoms in total. The number of hydrogen-bond acceptors (Lipinski definition) is 2. The molecule has 0 aromatic heterocycles. The maximum Gasteiger partial charge on any atom is 0.306 e. The SMILES string of the molecule is CCC(=O)N[C@@H]1CC[C@@H](C(=O)O)C1. The summed E-state index contributed by atoms with van der Waals surface area (Å²) in [4.78, 5) is 21.6. The van der Waals surface area contributed by atoms with Crippen molar-refractivity contribution in [2.24, 2.45) is 5.92 Å². The lowest BCUT2D eigenvalue weighted by Crippen LogP contribution is -2.32. The molecule has 0 aliphatic heterocycles. The summed E-state index contributed by atoms with van der Waals surface area (Å²) in [7, 11) is 0. The van der Waals surface area contributed by atoms with Crippen LogP contribution in [0.1, 0.15) is 32.6 Å². The summed E-state index contributed by atoms with van der Waals surface area (Å²) in [6, 6.07) is 0.0774. The number of nitrogens with one attached hydrogen (secondary N) is 1. The van der Waals surface area contributed by atoms with Crippen molar-refractivity contribution in [2.75, 3.05) is 0 Å². The molecule has 1 aliphatic carbocycles. The van der Waals surface area contributed by atoms with Crippen molar-refractivity contribution in [2.45, 2.75) is 38.6 Å². The molecule has 4 heteroatoms. The molecule has 0 spiro atoms. The standard InChI is InChI=1S/C9H15NO3/c1-2-8(11)10-7-4-3-6(5-7)9(12)13/h6-7H,2-5H2,1H3,(H,10,11)(H,12,13)/t6-,7-/m1/s1. The van der Waals surface area contributed by atoms with Gasteiger partial charge < -0.3 is 10.4 Å². The minimum absolute atomic E-state index is 0.0102. The topological polar surface area (TPSA) is 66.4 Å². The Morgan fingerprint density at radius 2 is 2.15 bits per heavy atom. The monoisotopic (exact) mass is 185 g/mol. The minimum atomic E-state index is -0.742. The zero-order valence-corrected chi connectivity index (χ0v) is 7.75. The van der Waals surface area contributed by atoms with E-state index >= 15 is 0 Å². The van der Waals surface area contributed by atoms with Crippen LogP contribution < -0.4 is 5.32 Å². The molecule has 0 aromatic carbocycles. The lowest BCUT2D eigenvalue weighted by atomic mass is 10.1. The quantitative estimate of drug-likeness (QED) is 0.682. The van der Waals surface area contributed by atoms with E-state index in [1.807, 2.05) is 0 Å². The average Bonchev–Trinajstić information content (AvgIpc) is 2.52. The highest BCUT2D eigenvalue weighted by atomic mass is 16.4. The number of carboxylic acid groups (broad SMARTS) is 1. The second kappa shape index (κ2) is 4.25. The Kier molecular flexibility index (Phi) is 3.28. The van der Waals surface area contributed by atoms with E-state index in [1.54, 1.807) is 6.92 Å². The van der Waals surface area contributed by atoms with Gasteiger partial charge in [-0.05, 0) is 19.3 Å².